The Morgan fingerprint density at radius 3 is 2.32 bits per heavy atom. The van der Waals surface area contributed by atoms with Crippen LogP contribution in [0, 0.1) is 18.3 Å². The molecule has 0 aromatic heterocycles. The number of nitrogens with one attached hydrogen (secondary N) is 2. The Morgan fingerprint density at radius 1 is 1.07 bits per heavy atom. The molecule has 146 valence electrons. The molecule has 2 amide bonds. The van der Waals surface area contributed by atoms with Crippen molar-refractivity contribution in [2.24, 2.45) is 0 Å². The summed E-state index contributed by atoms with van der Waals surface area (Å²) in [4.78, 5) is 24.7. The Morgan fingerprint density at radius 2 is 1.71 bits per heavy atom. The zero-order chi connectivity index (χ0) is 20.6. The van der Waals surface area contributed by atoms with Gasteiger partial charge in [0.05, 0.1) is 17.6 Å². The molecule has 0 aliphatic heterocycles. The van der Waals surface area contributed by atoms with Crippen molar-refractivity contribution < 1.29 is 18.0 Å². The Kier molecular flexibility index (Phi) is 7.29. The monoisotopic (exact) mass is 399 g/mol. The Bertz CT molecular complexity index is 965. The van der Waals surface area contributed by atoms with Crippen molar-refractivity contribution in [1.82, 2.24) is 10.6 Å². The van der Waals surface area contributed by atoms with Gasteiger partial charge in [-0.2, -0.15) is 5.26 Å². The van der Waals surface area contributed by atoms with Gasteiger partial charge in [0, 0.05) is 5.56 Å². The average molecular weight is 399 g/mol. The van der Waals surface area contributed by atoms with Crippen LogP contribution < -0.4 is 10.6 Å². The summed E-state index contributed by atoms with van der Waals surface area (Å²) in [5, 5.41) is 13.4. The highest BCUT2D eigenvalue weighted by atomic mass is 32.2. The SMILES string of the molecule is Cc1ccc(CS(=O)(=O)CC(NC(=O)c2ccccc2)C(=O)NCC#N)cc1. The summed E-state index contributed by atoms with van der Waals surface area (Å²) in [5.41, 5.74) is 1.90. The second-order valence-electron chi connectivity index (χ2n) is 6.31. The predicted octanol–water partition coefficient (Wildman–Crippen LogP) is 1.35. The van der Waals surface area contributed by atoms with E-state index in [2.05, 4.69) is 10.6 Å². The summed E-state index contributed by atoms with van der Waals surface area (Å²) in [5.74, 6) is -2.12. The van der Waals surface area contributed by atoms with E-state index in [4.69, 9.17) is 5.26 Å². The number of nitriles is 1. The van der Waals surface area contributed by atoms with Crippen LogP contribution in [-0.4, -0.2) is 38.6 Å². The number of benzene rings is 2. The molecule has 2 aromatic rings. The first kappa shape index (κ1) is 21.1. The summed E-state index contributed by atoms with van der Waals surface area (Å²) in [6.45, 7) is 1.61. The third-order valence-corrected chi connectivity index (χ3v) is 5.54. The van der Waals surface area contributed by atoms with Crippen molar-refractivity contribution in [3.63, 3.8) is 0 Å². The van der Waals surface area contributed by atoms with Gasteiger partial charge < -0.3 is 10.6 Å². The van der Waals surface area contributed by atoms with E-state index in [0.29, 0.717) is 11.1 Å². The van der Waals surface area contributed by atoms with Crippen molar-refractivity contribution in [2.75, 3.05) is 12.3 Å². The minimum atomic E-state index is -3.70. The molecule has 0 fully saturated rings. The van der Waals surface area contributed by atoms with E-state index in [1.54, 1.807) is 60.7 Å². The second-order valence-corrected chi connectivity index (χ2v) is 8.42. The van der Waals surface area contributed by atoms with Gasteiger partial charge >= 0.3 is 0 Å². The number of hydrogen-bond acceptors (Lipinski definition) is 5. The number of hydrogen-bond donors (Lipinski definition) is 2. The number of rotatable bonds is 8. The molecule has 2 rings (SSSR count). The van der Waals surface area contributed by atoms with E-state index in [1.165, 1.54) is 0 Å². The molecule has 1 unspecified atom stereocenters. The van der Waals surface area contributed by atoms with Crippen LogP contribution in [0.5, 0.6) is 0 Å². The van der Waals surface area contributed by atoms with Crippen LogP contribution in [-0.2, 0) is 20.4 Å². The number of amides is 2. The van der Waals surface area contributed by atoms with Crippen LogP contribution in [0.1, 0.15) is 21.5 Å². The van der Waals surface area contributed by atoms with Crippen LogP contribution in [0.3, 0.4) is 0 Å². The molecular formula is C20H21N3O4S. The predicted molar refractivity (Wildman–Crippen MR) is 105 cm³/mol. The Hall–Kier alpha value is -3.18. The van der Waals surface area contributed by atoms with Crippen LogP contribution in [0.15, 0.2) is 54.6 Å². The topological polar surface area (TPSA) is 116 Å². The molecule has 2 aromatic carbocycles. The maximum absolute atomic E-state index is 12.6. The fourth-order valence-corrected chi connectivity index (χ4v) is 4.08. The van der Waals surface area contributed by atoms with Gasteiger partial charge in [0.25, 0.3) is 5.91 Å². The highest BCUT2D eigenvalue weighted by molar-refractivity contribution is 7.90. The van der Waals surface area contributed by atoms with Gasteiger partial charge in [0.15, 0.2) is 9.84 Å². The van der Waals surface area contributed by atoms with Gasteiger partial charge in [-0.3, -0.25) is 9.59 Å². The maximum Gasteiger partial charge on any atom is 0.251 e. The summed E-state index contributed by atoms with van der Waals surface area (Å²) in [7, 11) is -3.70. The highest BCUT2D eigenvalue weighted by Crippen LogP contribution is 2.10. The quantitative estimate of drug-likeness (QED) is 0.650. The average Bonchev–Trinajstić information content (AvgIpc) is 2.67. The highest BCUT2D eigenvalue weighted by Gasteiger charge is 2.27. The van der Waals surface area contributed by atoms with E-state index in [-0.39, 0.29) is 12.3 Å². The Labute approximate surface area is 164 Å². The lowest BCUT2D eigenvalue weighted by molar-refractivity contribution is -0.122. The van der Waals surface area contributed by atoms with Gasteiger partial charge in [-0.15, -0.1) is 0 Å². The van der Waals surface area contributed by atoms with Crippen molar-refractivity contribution in [1.29, 1.82) is 5.26 Å². The van der Waals surface area contributed by atoms with Crippen molar-refractivity contribution in [3.05, 3.63) is 71.3 Å². The lowest BCUT2D eigenvalue weighted by atomic mass is 10.2. The van der Waals surface area contributed by atoms with Gasteiger partial charge in [0.2, 0.25) is 5.91 Å². The van der Waals surface area contributed by atoms with E-state index < -0.39 is 33.4 Å². The molecule has 0 heterocycles. The minimum Gasteiger partial charge on any atom is -0.341 e. The molecule has 0 radical (unpaired) electrons. The summed E-state index contributed by atoms with van der Waals surface area (Å²) in [6.07, 6.45) is 0. The molecule has 1 atom stereocenters. The maximum atomic E-state index is 12.6. The summed E-state index contributed by atoms with van der Waals surface area (Å²) in [6, 6.07) is 15.6. The fraction of sp³-hybridized carbons (Fsp3) is 0.250. The van der Waals surface area contributed by atoms with E-state index in [0.717, 1.165) is 5.56 Å². The zero-order valence-corrected chi connectivity index (χ0v) is 16.2. The summed E-state index contributed by atoms with van der Waals surface area (Å²) < 4.78 is 25.2. The van der Waals surface area contributed by atoms with Crippen molar-refractivity contribution in [3.8, 4) is 6.07 Å². The van der Waals surface area contributed by atoms with Gasteiger partial charge in [-0.05, 0) is 24.6 Å². The van der Waals surface area contributed by atoms with Crippen molar-refractivity contribution in [2.45, 2.75) is 18.7 Å². The first-order valence-corrected chi connectivity index (χ1v) is 10.4. The van der Waals surface area contributed by atoms with E-state index in [1.807, 2.05) is 6.92 Å². The second kappa shape index (κ2) is 9.67. The molecule has 0 spiro atoms. The first-order chi connectivity index (χ1) is 13.3. The Balaban J connectivity index is 2.15. The lowest BCUT2D eigenvalue weighted by Crippen LogP contribution is -2.50. The molecule has 0 saturated heterocycles. The van der Waals surface area contributed by atoms with Crippen LogP contribution in [0.4, 0.5) is 0 Å². The fourth-order valence-electron chi connectivity index (χ4n) is 2.51. The smallest absolute Gasteiger partial charge is 0.251 e. The molecule has 7 nitrogen and oxygen atoms in total. The van der Waals surface area contributed by atoms with Crippen molar-refractivity contribution >= 4 is 21.7 Å². The van der Waals surface area contributed by atoms with Crippen LogP contribution in [0.2, 0.25) is 0 Å². The molecule has 0 bridgehead atoms. The van der Waals surface area contributed by atoms with Crippen LogP contribution >= 0.6 is 0 Å². The number of carbonyl (C=O) groups is 2. The lowest BCUT2D eigenvalue weighted by Gasteiger charge is -2.18. The number of aryl methyl sites for hydroxylation is 1. The molecule has 0 aliphatic carbocycles. The molecule has 28 heavy (non-hydrogen) atoms. The minimum absolute atomic E-state index is 0.253. The molecular weight excluding hydrogens is 378 g/mol. The molecule has 0 saturated carbocycles. The molecule has 0 aliphatic rings. The van der Waals surface area contributed by atoms with E-state index in [9.17, 15) is 18.0 Å². The number of sulfone groups is 1. The van der Waals surface area contributed by atoms with Gasteiger partial charge in [-0.1, -0.05) is 48.0 Å². The number of nitrogens with zero attached hydrogens (tertiary/aromatic N) is 1. The normalized spacial score (nSPS) is 11.9. The standard InChI is InChI=1S/C20H21N3O4S/c1-15-7-9-16(10-8-15)13-28(26,27)14-18(20(25)22-12-11-21)23-19(24)17-5-3-2-4-6-17/h2-10,18H,12-14H2,1H3,(H,22,25)(H,23,24). The van der Waals surface area contributed by atoms with Gasteiger partial charge in [0.1, 0.15) is 12.6 Å². The summed E-state index contributed by atoms with van der Waals surface area (Å²) >= 11 is 0. The zero-order valence-electron chi connectivity index (χ0n) is 15.4. The molecule has 2 N–H and O–H groups in total. The third kappa shape index (κ3) is 6.52. The third-order valence-electron chi connectivity index (χ3n) is 3.93. The first-order valence-electron chi connectivity index (χ1n) is 8.57. The molecule has 8 heteroatoms. The largest absolute Gasteiger partial charge is 0.341 e. The van der Waals surface area contributed by atoms with Gasteiger partial charge in [-0.25, -0.2) is 8.42 Å². The van der Waals surface area contributed by atoms with E-state index >= 15 is 0 Å². The van der Waals surface area contributed by atoms with Crippen LogP contribution in [0.25, 0.3) is 0 Å². The number of carbonyl (C=O) groups excluding carboxylic acids is 2.